The van der Waals surface area contributed by atoms with Crippen molar-refractivity contribution in [1.82, 2.24) is 10.1 Å². The standard InChI is InChI=1S/C33H46N4O6SSi/c1-19(2)45(20(3)4,21(5)6)43-22(7)27-17-25(18-28(39-9)30(27)40-10)29(32(44-12)36-33(38)41-11)35-26-15-13-24(14-16-26)31-34-23(8)42-37-31/h13-22H,1-12H3/b35-29-,36-32-. The number of ether oxygens (including phenoxy) is 3. The van der Waals surface area contributed by atoms with Gasteiger partial charge in [0.1, 0.15) is 10.8 Å². The first-order chi connectivity index (χ1) is 21.3. The highest BCUT2D eigenvalue weighted by Gasteiger charge is 2.46. The molecular weight excluding hydrogens is 609 g/mol. The highest BCUT2D eigenvalue weighted by Crippen LogP contribution is 2.47. The van der Waals surface area contributed by atoms with Crippen LogP contribution in [0.15, 0.2) is 50.9 Å². The van der Waals surface area contributed by atoms with Crippen molar-refractivity contribution in [2.75, 3.05) is 27.6 Å². The summed E-state index contributed by atoms with van der Waals surface area (Å²) in [7, 11) is 2.25. The molecule has 0 radical (unpaired) electrons. The average Bonchev–Trinajstić information content (AvgIpc) is 3.46. The van der Waals surface area contributed by atoms with Gasteiger partial charge in [-0.15, -0.1) is 11.8 Å². The minimum Gasteiger partial charge on any atom is -0.493 e. The van der Waals surface area contributed by atoms with Crippen molar-refractivity contribution in [3.8, 4) is 22.9 Å². The quantitative estimate of drug-likeness (QED) is 0.107. The second kappa shape index (κ2) is 15.7. The summed E-state index contributed by atoms with van der Waals surface area (Å²) in [6.45, 7) is 17.4. The van der Waals surface area contributed by atoms with Gasteiger partial charge < -0.3 is 23.2 Å². The monoisotopic (exact) mass is 654 g/mol. The molecule has 1 atom stereocenters. The summed E-state index contributed by atoms with van der Waals surface area (Å²) in [6.07, 6.45) is 0.788. The number of hydrogen-bond donors (Lipinski definition) is 0. The zero-order valence-corrected chi connectivity index (χ0v) is 30.2. The van der Waals surface area contributed by atoms with Crippen LogP contribution in [0.25, 0.3) is 11.4 Å². The lowest BCUT2D eigenvalue weighted by atomic mass is 10.0. The Labute approximate surface area is 272 Å². The van der Waals surface area contributed by atoms with E-state index in [1.165, 1.54) is 18.9 Å². The number of nitrogens with zero attached hydrogens (tertiary/aromatic N) is 4. The molecular formula is C33H46N4O6SSi. The number of aromatic nitrogens is 2. The molecule has 3 aromatic rings. The number of carbonyl (C=O) groups excluding carboxylic acids is 1. The van der Waals surface area contributed by atoms with E-state index in [9.17, 15) is 4.79 Å². The third-order valence-corrected chi connectivity index (χ3v) is 14.8. The lowest BCUT2D eigenvalue weighted by Gasteiger charge is -2.44. The van der Waals surface area contributed by atoms with Gasteiger partial charge in [-0.1, -0.05) is 46.7 Å². The van der Waals surface area contributed by atoms with Crippen molar-refractivity contribution in [3.63, 3.8) is 0 Å². The second-order valence-electron chi connectivity index (χ2n) is 11.6. The number of rotatable bonds is 12. The van der Waals surface area contributed by atoms with E-state index in [1.54, 1.807) is 21.1 Å². The maximum atomic E-state index is 12.4. The Hall–Kier alpha value is -3.48. The molecule has 1 aromatic heterocycles. The van der Waals surface area contributed by atoms with Gasteiger partial charge >= 0.3 is 6.09 Å². The number of methoxy groups -OCH3 is 3. The first-order valence-electron chi connectivity index (χ1n) is 15.0. The number of aliphatic imine (C=N–C) groups is 2. The normalized spacial score (nSPS) is 13.5. The van der Waals surface area contributed by atoms with Crippen molar-refractivity contribution < 1.29 is 28.0 Å². The zero-order chi connectivity index (χ0) is 33.5. The number of benzene rings is 2. The van der Waals surface area contributed by atoms with Crippen LogP contribution < -0.4 is 9.47 Å². The van der Waals surface area contributed by atoms with E-state index in [0.717, 1.165) is 11.1 Å². The summed E-state index contributed by atoms with van der Waals surface area (Å²) >= 11 is 1.29. The van der Waals surface area contributed by atoms with E-state index in [-0.39, 0.29) is 6.10 Å². The lowest BCUT2D eigenvalue weighted by molar-refractivity contribution is 0.182. The Morgan fingerprint density at radius 2 is 1.56 bits per heavy atom. The SMILES string of the molecule is COC(=O)/N=C(SC)/C(=N\c1ccc(-c2noc(C)n2)cc1)c1cc(OC)c(OC)c(C(C)O[Si](C(C)C)(C(C)C)C(C)C)c1. The molecule has 0 N–H and O–H groups in total. The molecule has 2 aromatic carbocycles. The minimum atomic E-state index is -2.26. The molecule has 0 saturated heterocycles. The van der Waals surface area contributed by atoms with Crippen LogP contribution in [0, 0.1) is 6.92 Å². The molecule has 0 fully saturated rings. The third-order valence-electron chi connectivity index (χ3n) is 7.96. The van der Waals surface area contributed by atoms with Gasteiger partial charge in [-0.05, 0) is 66.2 Å². The molecule has 12 heteroatoms. The van der Waals surface area contributed by atoms with E-state index in [4.69, 9.17) is 28.2 Å². The van der Waals surface area contributed by atoms with Crippen molar-refractivity contribution >= 4 is 42.6 Å². The molecule has 0 spiro atoms. The van der Waals surface area contributed by atoms with Gasteiger partial charge in [0.05, 0.1) is 33.1 Å². The molecule has 0 bridgehead atoms. The fraction of sp³-hybridized carbons (Fsp3) is 0.485. The second-order valence-corrected chi connectivity index (χ2v) is 17.8. The number of amides is 1. The first-order valence-corrected chi connectivity index (χ1v) is 18.3. The van der Waals surface area contributed by atoms with Gasteiger partial charge in [0.15, 0.2) is 11.5 Å². The molecule has 0 saturated carbocycles. The zero-order valence-electron chi connectivity index (χ0n) is 28.4. The van der Waals surface area contributed by atoms with E-state index >= 15 is 0 Å². The summed E-state index contributed by atoms with van der Waals surface area (Å²) in [5.74, 6) is 2.07. The lowest BCUT2D eigenvalue weighted by Crippen LogP contribution is -2.48. The van der Waals surface area contributed by atoms with E-state index in [0.29, 0.717) is 61.8 Å². The Kier molecular flexibility index (Phi) is 12.5. The molecule has 45 heavy (non-hydrogen) atoms. The molecule has 0 aliphatic heterocycles. The van der Waals surface area contributed by atoms with Crippen LogP contribution in [-0.2, 0) is 9.16 Å². The summed E-state index contributed by atoms with van der Waals surface area (Å²) in [5, 5.41) is 4.37. The molecule has 10 nitrogen and oxygen atoms in total. The van der Waals surface area contributed by atoms with Crippen LogP contribution >= 0.6 is 11.8 Å². The summed E-state index contributed by atoms with van der Waals surface area (Å²) < 4.78 is 28.9. The molecule has 0 aliphatic rings. The van der Waals surface area contributed by atoms with Gasteiger partial charge in [-0.3, -0.25) is 0 Å². The largest absolute Gasteiger partial charge is 0.493 e. The Morgan fingerprint density at radius 3 is 2.02 bits per heavy atom. The topological polar surface area (TPSA) is 118 Å². The van der Waals surface area contributed by atoms with Crippen LogP contribution in [0.3, 0.4) is 0 Å². The first kappa shape index (κ1) is 36.0. The Bertz CT molecular complexity index is 1500. The van der Waals surface area contributed by atoms with Crippen LogP contribution in [0.1, 0.15) is 71.6 Å². The predicted molar refractivity (Wildman–Crippen MR) is 184 cm³/mol. The van der Waals surface area contributed by atoms with Crippen molar-refractivity contribution in [3.05, 3.63) is 53.4 Å². The van der Waals surface area contributed by atoms with E-state index in [1.807, 2.05) is 42.7 Å². The van der Waals surface area contributed by atoms with Crippen molar-refractivity contribution in [2.24, 2.45) is 9.98 Å². The van der Waals surface area contributed by atoms with Crippen LogP contribution in [0.5, 0.6) is 11.5 Å². The summed E-state index contributed by atoms with van der Waals surface area (Å²) in [5.41, 5.74) is 4.55. The average molecular weight is 655 g/mol. The minimum absolute atomic E-state index is 0.318. The van der Waals surface area contributed by atoms with Crippen molar-refractivity contribution in [1.29, 1.82) is 0 Å². The van der Waals surface area contributed by atoms with E-state index in [2.05, 4.69) is 63.6 Å². The van der Waals surface area contributed by atoms with Gasteiger partial charge in [0.2, 0.25) is 20.0 Å². The molecule has 3 rings (SSSR count). The molecule has 0 aliphatic carbocycles. The fourth-order valence-electron chi connectivity index (χ4n) is 6.00. The summed E-state index contributed by atoms with van der Waals surface area (Å²) in [4.78, 5) is 25.9. The maximum absolute atomic E-state index is 12.4. The molecule has 244 valence electrons. The molecule has 1 amide bonds. The Balaban J connectivity index is 2.25. The van der Waals surface area contributed by atoms with Crippen LogP contribution in [-0.4, -0.2) is 62.9 Å². The third kappa shape index (κ3) is 8.03. The Morgan fingerprint density at radius 1 is 0.933 bits per heavy atom. The van der Waals surface area contributed by atoms with Gasteiger partial charge in [0.25, 0.3) is 0 Å². The van der Waals surface area contributed by atoms with Crippen molar-refractivity contribution in [2.45, 2.75) is 78.1 Å². The number of carbonyl (C=O) groups is 1. The molecule has 1 heterocycles. The van der Waals surface area contributed by atoms with E-state index < -0.39 is 14.4 Å². The van der Waals surface area contributed by atoms with Crippen LogP contribution in [0.2, 0.25) is 16.6 Å². The smallest absolute Gasteiger partial charge is 0.434 e. The highest BCUT2D eigenvalue weighted by molar-refractivity contribution is 8.15. The maximum Gasteiger partial charge on any atom is 0.434 e. The number of hydrogen-bond acceptors (Lipinski definition) is 10. The summed E-state index contributed by atoms with van der Waals surface area (Å²) in [6, 6.07) is 11.2. The number of thioether (sulfide) groups is 1. The fourth-order valence-corrected chi connectivity index (χ4v) is 12.1. The molecule has 1 unspecified atom stereocenters. The van der Waals surface area contributed by atoms with Gasteiger partial charge in [-0.2, -0.15) is 9.98 Å². The predicted octanol–water partition coefficient (Wildman–Crippen LogP) is 8.96. The highest BCUT2D eigenvalue weighted by atomic mass is 32.2. The van der Waals surface area contributed by atoms with Crippen LogP contribution in [0.4, 0.5) is 10.5 Å². The van der Waals surface area contributed by atoms with Gasteiger partial charge in [-0.25, -0.2) is 9.79 Å². The number of aryl methyl sites for hydroxylation is 1. The van der Waals surface area contributed by atoms with Gasteiger partial charge in [0, 0.05) is 23.6 Å².